The fourth-order valence-corrected chi connectivity index (χ4v) is 4.53. The standard InChI is InChI=1S/C28H26FN7O2/c1-3-4-6-21-17-36(26-22(18(2)37)7-5-8-25(26)29)28(38)35(21)16-19-9-11-20(12-10-19)24-15-30-14-13-23(24)27-31-33-34-32-27/h5,7-15,17H,3-4,6,16H2,1-2H3,(H,31,32,33,34). The van der Waals surface area contributed by atoms with E-state index in [0.29, 0.717) is 18.8 Å². The molecule has 38 heavy (non-hydrogen) atoms. The molecule has 0 saturated heterocycles. The van der Waals surface area contributed by atoms with Crippen molar-refractivity contribution in [1.82, 2.24) is 34.7 Å². The van der Waals surface area contributed by atoms with E-state index in [1.54, 1.807) is 23.2 Å². The lowest BCUT2D eigenvalue weighted by atomic mass is 10.0. The molecular formula is C28H26FN7O2. The normalized spacial score (nSPS) is 11.1. The molecule has 192 valence electrons. The summed E-state index contributed by atoms with van der Waals surface area (Å²) in [4.78, 5) is 30.0. The van der Waals surface area contributed by atoms with E-state index in [1.807, 2.05) is 30.3 Å². The van der Waals surface area contributed by atoms with Gasteiger partial charge in [0, 0.05) is 41.0 Å². The molecule has 0 unspecified atom stereocenters. The maximum Gasteiger partial charge on any atom is 0.333 e. The van der Waals surface area contributed by atoms with Gasteiger partial charge in [0.05, 0.1) is 12.2 Å². The molecule has 0 spiro atoms. The number of benzene rings is 2. The number of carbonyl (C=O) groups is 1. The Bertz CT molecular complexity index is 1640. The molecule has 0 aliphatic carbocycles. The van der Waals surface area contributed by atoms with Crippen molar-refractivity contribution in [3.05, 3.63) is 100 Å². The molecule has 9 nitrogen and oxygen atoms in total. The third kappa shape index (κ3) is 4.80. The van der Waals surface area contributed by atoms with Crippen LogP contribution in [-0.4, -0.2) is 40.5 Å². The molecule has 3 heterocycles. The minimum absolute atomic E-state index is 0.0116. The van der Waals surface area contributed by atoms with Gasteiger partial charge in [0.25, 0.3) is 0 Å². The number of rotatable bonds is 9. The first-order valence-electron chi connectivity index (χ1n) is 12.4. The Kier molecular flexibility index (Phi) is 7.03. The summed E-state index contributed by atoms with van der Waals surface area (Å²) in [5.74, 6) is -0.448. The van der Waals surface area contributed by atoms with Gasteiger partial charge in [-0.25, -0.2) is 9.18 Å². The van der Waals surface area contributed by atoms with E-state index < -0.39 is 5.82 Å². The molecule has 0 radical (unpaired) electrons. The number of nitrogens with one attached hydrogen (secondary N) is 1. The summed E-state index contributed by atoms with van der Waals surface area (Å²) in [7, 11) is 0. The number of ketones is 1. The van der Waals surface area contributed by atoms with Gasteiger partial charge >= 0.3 is 5.69 Å². The smallest absolute Gasteiger partial charge is 0.294 e. The summed E-state index contributed by atoms with van der Waals surface area (Å²) in [5.41, 5.74) is 4.01. The van der Waals surface area contributed by atoms with E-state index in [0.717, 1.165) is 40.8 Å². The molecule has 3 aromatic heterocycles. The highest BCUT2D eigenvalue weighted by Crippen LogP contribution is 2.29. The molecule has 10 heteroatoms. The molecule has 5 rings (SSSR count). The van der Waals surface area contributed by atoms with Gasteiger partial charge in [-0.05, 0) is 54.3 Å². The minimum Gasteiger partial charge on any atom is -0.294 e. The Hall–Kier alpha value is -4.73. The second-order valence-electron chi connectivity index (χ2n) is 9.01. The lowest BCUT2D eigenvalue weighted by Gasteiger charge is -2.10. The largest absolute Gasteiger partial charge is 0.333 e. The highest BCUT2D eigenvalue weighted by molar-refractivity contribution is 5.97. The predicted octanol–water partition coefficient (Wildman–Crippen LogP) is 4.61. The lowest BCUT2D eigenvalue weighted by molar-refractivity contribution is 0.101. The molecule has 0 amide bonds. The number of aromatic nitrogens is 7. The van der Waals surface area contributed by atoms with Crippen LogP contribution in [0.1, 0.15) is 48.3 Å². The molecule has 2 aromatic carbocycles. The average molecular weight is 512 g/mol. The summed E-state index contributed by atoms with van der Waals surface area (Å²) in [6.07, 6.45) is 7.55. The molecule has 0 saturated carbocycles. The van der Waals surface area contributed by atoms with Crippen LogP contribution in [0.15, 0.2) is 71.9 Å². The van der Waals surface area contributed by atoms with E-state index in [2.05, 4.69) is 32.5 Å². The number of pyridine rings is 1. The van der Waals surface area contributed by atoms with Gasteiger partial charge in [-0.1, -0.05) is 43.7 Å². The zero-order chi connectivity index (χ0) is 26.6. The van der Waals surface area contributed by atoms with E-state index in [9.17, 15) is 14.0 Å². The van der Waals surface area contributed by atoms with Crippen molar-refractivity contribution >= 4 is 5.78 Å². The molecular weight excluding hydrogens is 485 g/mol. The van der Waals surface area contributed by atoms with Crippen molar-refractivity contribution in [2.24, 2.45) is 0 Å². The number of aromatic amines is 1. The molecule has 5 aromatic rings. The quantitative estimate of drug-likeness (QED) is 0.289. The summed E-state index contributed by atoms with van der Waals surface area (Å²) < 4.78 is 17.8. The lowest BCUT2D eigenvalue weighted by Crippen LogP contribution is -2.26. The highest BCUT2D eigenvalue weighted by Gasteiger charge is 2.20. The van der Waals surface area contributed by atoms with Crippen LogP contribution in [0.25, 0.3) is 28.2 Å². The van der Waals surface area contributed by atoms with Crippen LogP contribution in [0, 0.1) is 5.82 Å². The van der Waals surface area contributed by atoms with Crippen molar-refractivity contribution < 1.29 is 9.18 Å². The number of para-hydroxylation sites is 1. The number of hydrogen-bond donors (Lipinski definition) is 1. The first-order chi connectivity index (χ1) is 18.5. The molecule has 1 N–H and O–H groups in total. The molecule has 0 aliphatic heterocycles. The van der Waals surface area contributed by atoms with Crippen molar-refractivity contribution in [1.29, 1.82) is 0 Å². The summed E-state index contributed by atoms with van der Waals surface area (Å²) in [6.45, 7) is 3.75. The van der Waals surface area contributed by atoms with Crippen LogP contribution in [0.3, 0.4) is 0 Å². The number of tetrazole rings is 1. The summed E-state index contributed by atoms with van der Waals surface area (Å²) in [5, 5.41) is 14.3. The topological polar surface area (TPSA) is 111 Å². The van der Waals surface area contributed by atoms with Gasteiger partial charge in [0.1, 0.15) is 5.82 Å². The fourth-order valence-electron chi connectivity index (χ4n) is 4.53. The Morgan fingerprint density at radius 1 is 1.08 bits per heavy atom. The van der Waals surface area contributed by atoms with Gasteiger partial charge in [-0.2, -0.15) is 5.21 Å². The van der Waals surface area contributed by atoms with Crippen LogP contribution >= 0.6 is 0 Å². The Morgan fingerprint density at radius 3 is 2.61 bits per heavy atom. The van der Waals surface area contributed by atoms with Gasteiger partial charge in [0.15, 0.2) is 5.78 Å². The maximum atomic E-state index is 14.9. The highest BCUT2D eigenvalue weighted by atomic mass is 19.1. The van der Waals surface area contributed by atoms with E-state index in [4.69, 9.17) is 0 Å². The molecule has 0 fully saturated rings. The third-order valence-corrected chi connectivity index (χ3v) is 6.47. The second-order valence-corrected chi connectivity index (χ2v) is 9.01. The van der Waals surface area contributed by atoms with Crippen LogP contribution in [0.2, 0.25) is 0 Å². The van der Waals surface area contributed by atoms with E-state index in [1.165, 1.54) is 29.7 Å². The summed E-state index contributed by atoms with van der Waals surface area (Å²) in [6, 6.07) is 13.9. The first-order valence-corrected chi connectivity index (χ1v) is 12.4. The summed E-state index contributed by atoms with van der Waals surface area (Å²) >= 11 is 0. The van der Waals surface area contributed by atoms with E-state index >= 15 is 0 Å². The van der Waals surface area contributed by atoms with Gasteiger partial charge in [0.2, 0.25) is 5.82 Å². The van der Waals surface area contributed by atoms with Crippen LogP contribution in [0.5, 0.6) is 0 Å². The van der Waals surface area contributed by atoms with E-state index in [-0.39, 0.29) is 22.7 Å². The average Bonchev–Trinajstić information content (AvgIpc) is 3.57. The van der Waals surface area contributed by atoms with Gasteiger partial charge in [-0.15, -0.1) is 10.2 Å². The van der Waals surface area contributed by atoms with Gasteiger partial charge < -0.3 is 0 Å². The molecule has 0 bridgehead atoms. The monoisotopic (exact) mass is 511 g/mol. The zero-order valence-corrected chi connectivity index (χ0v) is 21.1. The SMILES string of the molecule is CCCCc1cn(-c2c(F)cccc2C(C)=O)c(=O)n1Cc1ccc(-c2cnccc2-c2nn[nH]n2)cc1. The van der Waals surface area contributed by atoms with Crippen LogP contribution in [-0.2, 0) is 13.0 Å². The van der Waals surface area contributed by atoms with Crippen LogP contribution < -0.4 is 5.69 Å². The fraction of sp³-hybridized carbons (Fsp3) is 0.214. The number of unbranched alkanes of at least 4 members (excludes halogenated alkanes) is 1. The number of hydrogen-bond acceptors (Lipinski definition) is 6. The third-order valence-electron chi connectivity index (χ3n) is 6.47. The number of aryl methyl sites for hydroxylation is 1. The number of halogens is 1. The number of H-pyrrole nitrogens is 1. The number of carbonyl (C=O) groups excluding carboxylic acids is 1. The van der Waals surface area contributed by atoms with Crippen molar-refractivity contribution in [3.63, 3.8) is 0 Å². The maximum absolute atomic E-state index is 14.9. The Morgan fingerprint density at radius 2 is 1.89 bits per heavy atom. The van der Waals surface area contributed by atoms with Crippen LogP contribution in [0.4, 0.5) is 4.39 Å². The second kappa shape index (κ2) is 10.7. The Balaban J connectivity index is 1.51. The van der Waals surface area contributed by atoms with Gasteiger partial charge in [-0.3, -0.25) is 18.9 Å². The Labute approximate surface area is 218 Å². The molecule has 0 atom stereocenters. The minimum atomic E-state index is -0.614. The van der Waals surface area contributed by atoms with Crippen molar-refractivity contribution in [3.8, 4) is 28.2 Å². The number of nitrogens with zero attached hydrogens (tertiary/aromatic N) is 6. The van der Waals surface area contributed by atoms with Crippen molar-refractivity contribution in [2.75, 3.05) is 0 Å². The zero-order valence-electron chi connectivity index (χ0n) is 21.1. The number of Topliss-reactive ketones (excluding diaryl/α,β-unsaturated/α-hetero) is 1. The number of imidazole rings is 1. The van der Waals surface area contributed by atoms with Crippen molar-refractivity contribution in [2.45, 2.75) is 39.7 Å². The first kappa shape index (κ1) is 24.9. The molecule has 0 aliphatic rings. The predicted molar refractivity (Wildman–Crippen MR) is 141 cm³/mol.